The Bertz CT molecular complexity index is 936. The van der Waals surface area contributed by atoms with Gasteiger partial charge >= 0.3 is 0 Å². The number of piperidine rings is 1. The van der Waals surface area contributed by atoms with E-state index in [0.717, 1.165) is 54.2 Å². The molecule has 2 aliphatic heterocycles. The Balaban J connectivity index is 1.22. The van der Waals surface area contributed by atoms with Crippen molar-refractivity contribution in [3.8, 4) is 0 Å². The Morgan fingerprint density at radius 3 is 2.42 bits per heavy atom. The summed E-state index contributed by atoms with van der Waals surface area (Å²) in [4.78, 5) is 34.7. The van der Waals surface area contributed by atoms with Crippen LogP contribution in [0.1, 0.15) is 38.7 Å². The number of carbonyl (C=O) groups excluding carboxylic acids is 2. The summed E-state index contributed by atoms with van der Waals surface area (Å²) >= 11 is 0. The van der Waals surface area contributed by atoms with Gasteiger partial charge in [-0.15, -0.1) is 0 Å². The minimum absolute atomic E-state index is 0.0513. The Kier molecular flexibility index (Phi) is 7.42. The number of carbonyl (C=O) groups is 2. The summed E-state index contributed by atoms with van der Waals surface area (Å²) in [6.07, 6.45) is 7.11. The summed E-state index contributed by atoms with van der Waals surface area (Å²) < 4.78 is 0. The highest BCUT2D eigenvalue weighted by molar-refractivity contribution is 5.89. The van der Waals surface area contributed by atoms with Gasteiger partial charge in [-0.1, -0.05) is 26.0 Å². The zero-order valence-corrected chi connectivity index (χ0v) is 19.5. The molecule has 176 valence electrons. The lowest BCUT2D eigenvalue weighted by atomic mass is 9.87. The summed E-state index contributed by atoms with van der Waals surface area (Å²) in [5, 5.41) is 8.96. The Hall–Kier alpha value is -3.16. The summed E-state index contributed by atoms with van der Waals surface area (Å²) in [6, 6.07) is 8.12. The van der Waals surface area contributed by atoms with Gasteiger partial charge in [-0.2, -0.15) is 0 Å². The highest BCUT2D eigenvalue weighted by atomic mass is 16.2. The molecule has 0 aliphatic carbocycles. The molecule has 3 heterocycles. The second kappa shape index (κ2) is 10.6. The number of amides is 2. The third kappa shape index (κ3) is 6.21. The second-order valence-corrected chi connectivity index (χ2v) is 9.41. The van der Waals surface area contributed by atoms with Gasteiger partial charge in [0.25, 0.3) is 0 Å². The molecule has 0 saturated carbocycles. The van der Waals surface area contributed by atoms with Gasteiger partial charge in [0.15, 0.2) is 0 Å². The number of anilines is 3. The van der Waals surface area contributed by atoms with Crippen LogP contribution in [0.15, 0.2) is 36.7 Å². The lowest BCUT2D eigenvalue weighted by Crippen LogP contribution is -2.36. The van der Waals surface area contributed by atoms with E-state index in [1.54, 1.807) is 0 Å². The molecule has 0 bridgehead atoms. The van der Waals surface area contributed by atoms with Crippen LogP contribution in [-0.2, 0) is 16.0 Å². The second-order valence-electron chi connectivity index (χ2n) is 9.41. The molecule has 8 heteroatoms. The number of aromatic nitrogens is 2. The van der Waals surface area contributed by atoms with Gasteiger partial charge in [0.2, 0.25) is 17.8 Å². The molecule has 0 radical (unpaired) electrons. The quantitative estimate of drug-likeness (QED) is 0.572. The fourth-order valence-corrected chi connectivity index (χ4v) is 4.50. The van der Waals surface area contributed by atoms with Crippen LogP contribution in [0.2, 0.25) is 0 Å². The van der Waals surface area contributed by atoms with Crippen LogP contribution < -0.4 is 20.9 Å². The van der Waals surface area contributed by atoms with Crippen molar-refractivity contribution in [2.45, 2.75) is 39.5 Å². The minimum atomic E-state index is -0.246. The topological polar surface area (TPSA) is 99.3 Å². The van der Waals surface area contributed by atoms with Crippen molar-refractivity contribution in [3.63, 3.8) is 0 Å². The van der Waals surface area contributed by atoms with E-state index in [0.29, 0.717) is 13.1 Å². The smallest absolute Gasteiger partial charge is 0.225 e. The average molecular weight is 451 g/mol. The van der Waals surface area contributed by atoms with Crippen LogP contribution in [0.3, 0.4) is 0 Å². The molecule has 2 saturated heterocycles. The van der Waals surface area contributed by atoms with Crippen molar-refractivity contribution in [3.05, 3.63) is 42.2 Å². The number of nitrogens with one attached hydrogen (secondary N) is 3. The van der Waals surface area contributed by atoms with Gasteiger partial charge in [0.05, 0.1) is 24.0 Å². The highest BCUT2D eigenvalue weighted by Gasteiger charge is 2.27. The molecule has 1 unspecified atom stereocenters. The lowest BCUT2D eigenvalue weighted by molar-refractivity contribution is -0.126. The van der Waals surface area contributed by atoms with E-state index in [1.807, 2.05) is 36.7 Å². The molecule has 1 aromatic carbocycles. The molecule has 8 nitrogen and oxygen atoms in total. The standard InChI is InChI=1S/C25H34N6O2/c1-17(2)19-8-11-31(12-9-19)25-28-15-22(16-29-25)30-21-5-3-18(4-6-21)7-10-26-24(33)20-13-23(32)27-14-20/h3-6,15-17,19-20,30H,7-14H2,1-2H3,(H,26,33)(H,27,32). The highest BCUT2D eigenvalue weighted by Crippen LogP contribution is 2.26. The molecule has 1 atom stereocenters. The summed E-state index contributed by atoms with van der Waals surface area (Å²) in [5.41, 5.74) is 2.96. The SMILES string of the molecule is CC(C)C1CCN(c2ncc(Nc3ccc(CCNC(=O)C4CNC(=O)C4)cc3)cn2)CC1. The first-order chi connectivity index (χ1) is 16.0. The van der Waals surface area contributed by atoms with Gasteiger partial charge in [-0.05, 0) is 48.8 Å². The third-order valence-corrected chi connectivity index (χ3v) is 6.71. The van der Waals surface area contributed by atoms with Crippen molar-refractivity contribution in [1.29, 1.82) is 0 Å². The molecule has 3 N–H and O–H groups in total. The first-order valence-corrected chi connectivity index (χ1v) is 12.0. The molecular weight excluding hydrogens is 416 g/mol. The van der Waals surface area contributed by atoms with Gasteiger partial charge in [-0.25, -0.2) is 9.97 Å². The van der Waals surface area contributed by atoms with E-state index in [1.165, 1.54) is 12.8 Å². The normalized spacial score (nSPS) is 18.9. The van der Waals surface area contributed by atoms with Gasteiger partial charge in [0.1, 0.15) is 0 Å². The largest absolute Gasteiger partial charge is 0.355 e. The van der Waals surface area contributed by atoms with Gasteiger partial charge in [0, 0.05) is 38.3 Å². The van der Waals surface area contributed by atoms with E-state index in [9.17, 15) is 9.59 Å². The van der Waals surface area contributed by atoms with E-state index in [2.05, 4.69) is 44.7 Å². The van der Waals surface area contributed by atoms with Crippen molar-refractivity contribution in [1.82, 2.24) is 20.6 Å². The van der Waals surface area contributed by atoms with Crippen LogP contribution in [0, 0.1) is 17.8 Å². The number of hydrogen-bond donors (Lipinski definition) is 3. The van der Waals surface area contributed by atoms with E-state index < -0.39 is 0 Å². The maximum absolute atomic E-state index is 12.1. The molecule has 1 aromatic heterocycles. The van der Waals surface area contributed by atoms with E-state index in [4.69, 9.17) is 0 Å². The van der Waals surface area contributed by atoms with Gasteiger partial charge < -0.3 is 20.9 Å². The monoisotopic (exact) mass is 450 g/mol. The third-order valence-electron chi connectivity index (χ3n) is 6.71. The Morgan fingerprint density at radius 1 is 1.12 bits per heavy atom. The summed E-state index contributed by atoms with van der Waals surface area (Å²) in [7, 11) is 0. The maximum atomic E-state index is 12.1. The summed E-state index contributed by atoms with van der Waals surface area (Å²) in [5.74, 6) is 1.99. The molecule has 4 rings (SSSR count). The average Bonchev–Trinajstić information content (AvgIpc) is 3.27. The number of rotatable bonds is 8. The van der Waals surface area contributed by atoms with E-state index >= 15 is 0 Å². The Morgan fingerprint density at radius 2 is 1.82 bits per heavy atom. The fourth-order valence-electron chi connectivity index (χ4n) is 4.50. The zero-order valence-electron chi connectivity index (χ0n) is 19.5. The number of benzene rings is 1. The molecule has 2 amide bonds. The first kappa shape index (κ1) is 23.0. The molecule has 2 aliphatic rings. The molecule has 0 spiro atoms. The van der Waals surface area contributed by atoms with Crippen LogP contribution in [0.25, 0.3) is 0 Å². The van der Waals surface area contributed by atoms with Crippen LogP contribution in [0.5, 0.6) is 0 Å². The Labute approximate surface area is 195 Å². The first-order valence-electron chi connectivity index (χ1n) is 12.0. The zero-order chi connectivity index (χ0) is 23.2. The van der Waals surface area contributed by atoms with E-state index in [-0.39, 0.29) is 24.2 Å². The molecule has 2 fully saturated rings. The fraction of sp³-hybridized carbons (Fsp3) is 0.520. The van der Waals surface area contributed by atoms with Crippen molar-refractivity contribution in [2.24, 2.45) is 17.8 Å². The molecule has 2 aromatic rings. The van der Waals surface area contributed by atoms with Crippen molar-refractivity contribution < 1.29 is 9.59 Å². The minimum Gasteiger partial charge on any atom is -0.355 e. The summed E-state index contributed by atoms with van der Waals surface area (Å²) in [6.45, 7) is 7.65. The van der Waals surface area contributed by atoms with Gasteiger partial charge in [-0.3, -0.25) is 9.59 Å². The van der Waals surface area contributed by atoms with Crippen molar-refractivity contribution >= 4 is 29.1 Å². The van der Waals surface area contributed by atoms with Crippen LogP contribution >= 0.6 is 0 Å². The van der Waals surface area contributed by atoms with Crippen molar-refractivity contribution in [2.75, 3.05) is 36.4 Å². The van der Waals surface area contributed by atoms with Crippen LogP contribution in [0.4, 0.5) is 17.3 Å². The van der Waals surface area contributed by atoms with Crippen LogP contribution in [-0.4, -0.2) is 48.0 Å². The molecular formula is C25H34N6O2. The number of hydrogen-bond acceptors (Lipinski definition) is 6. The predicted octanol–water partition coefficient (Wildman–Crippen LogP) is 2.89. The maximum Gasteiger partial charge on any atom is 0.225 e. The predicted molar refractivity (Wildman–Crippen MR) is 129 cm³/mol. The number of nitrogens with zero attached hydrogens (tertiary/aromatic N) is 3. The lowest BCUT2D eigenvalue weighted by Gasteiger charge is -2.33. The molecule has 33 heavy (non-hydrogen) atoms.